The maximum Gasteiger partial charge on any atom is 0.234 e. The first-order chi connectivity index (χ1) is 7.51. The SMILES string of the molecule is CCCNC(=O)CN(CC)CC(C)C(N)=S. The molecule has 0 aliphatic rings. The van der Waals surface area contributed by atoms with Crippen molar-refractivity contribution < 1.29 is 4.79 Å². The van der Waals surface area contributed by atoms with Crippen LogP contribution in [0.25, 0.3) is 0 Å². The number of likely N-dealkylation sites (N-methyl/N-ethyl adjacent to an activating group) is 1. The van der Waals surface area contributed by atoms with Gasteiger partial charge in [-0.3, -0.25) is 9.69 Å². The van der Waals surface area contributed by atoms with Gasteiger partial charge in [-0.05, 0) is 13.0 Å². The fourth-order valence-corrected chi connectivity index (χ4v) is 1.38. The Labute approximate surface area is 104 Å². The standard InChI is InChI=1S/C11H23N3OS/c1-4-6-13-10(15)8-14(5-2)7-9(3)11(12)16/h9H,4-8H2,1-3H3,(H2,12,16)(H,13,15). The zero-order chi connectivity index (χ0) is 12.6. The lowest BCUT2D eigenvalue weighted by Gasteiger charge is -2.23. The van der Waals surface area contributed by atoms with Crippen LogP contribution in [-0.2, 0) is 4.79 Å². The Bertz CT molecular complexity index is 233. The van der Waals surface area contributed by atoms with Crippen LogP contribution in [0.3, 0.4) is 0 Å². The minimum atomic E-state index is 0.0684. The Balaban J connectivity index is 3.99. The summed E-state index contributed by atoms with van der Waals surface area (Å²) in [6, 6.07) is 0. The van der Waals surface area contributed by atoms with Gasteiger partial charge in [-0.25, -0.2) is 0 Å². The summed E-state index contributed by atoms with van der Waals surface area (Å²) < 4.78 is 0. The molecule has 4 nitrogen and oxygen atoms in total. The van der Waals surface area contributed by atoms with Gasteiger partial charge in [0.1, 0.15) is 0 Å². The van der Waals surface area contributed by atoms with Crippen molar-refractivity contribution in [1.82, 2.24) is 10.2 Å². The summed E-state index contributed by atoms with van der Waals surface area (Å²) in [5.74, 6) is 0.216. The Hall–Kier alpha value is -0.680. The molecule has 0 aromatic rings. The molecule has 1 atom stereocenters. The Kier molecular flexibility index (Phi) is 8.11. The van der Waals surface area contributed by atoms with E-state index in [4.69, 9.17) is 18.0 Å². The Morgan fingerprint density at radius 3 is 2.56 bits per heavy atom. The summed E-state index contributed by atoms with van der Waals surface area (Å²) in [4.78, 5) is 14.1. The lowest BCUT2D eigenvalue weighted by molar-refractivity contribution is -0.122. The number of rotatable bonds is 8. The fourth-order valence-electron chi connectivity index (χ4n) is 1.31. The molecule has 0 aliphatic carbocycles. The lowest BCUT2D eigenvalue weighted by atomic mass is 10.1. The van der Waals surface area contributed by atoms with Gasteiger partial charge in [0.25, 0.3) is 0 Å². The van der Waals surface area contributed by atoms with E-state index in [9.17, 15) is 4.79 Å². The van der Waals surface area contributed by atoms with Crippen molar-refractivity contribution in [2.45, 2.75) is 27.2 Å². The van der Waals surface area contributed by atoms with Gasteiger partial charge in [-0.15, -0.1) is 0 Å². The molecule has 16 heavy (non-hydrogen) atoms. The summed E-state index contributed by atoms with van der Waals surface area (Å²) >= 11 is 4.92. The predicted octanol–water partition coefficient (Wildman–Crippen LogP) is 0.757. The third-order valence-corrected chi connectivity index (χ3v) is 2.81. The van der Waals surface area contributed by atoms with Crippen molar-refractivity contribution in [3.05, 3.63) is 0 Å². The molecule has 0 heterocycles. The number of carbonyl (C=O) groups is 1. The van der Waals surface area contributed by atoms with Gasteiger partial charge >= 0.3 is 0 Å². The second-order valence-electron chi connectivity index (χ2n) is 3.98. The molecule has 0 spiro atoms. The molecule has 0 saturated carbocycles. The second-order valence-corrected chi connectivity index (χ2v) is 4.45. The van der Waals surface area contributed by atoms with E-state index in [1.807, 2.05) is 20.8 Å². The topological polar surface area (TPSA) is 58.4 Å². The summed E-state index contributed by atoms with van der Waals surface area (Å²) in [7, 11) is 0. The fraction of sp³-hybridized carbons (Fsp3) is 0.818. The average molecular weight is 245 g/mol. The van der Waals surface area contributed by atoms with E-state index < -0.39 is 0 Å². The van der Waals surface area contributed by atoms with Crippen molar-refractivity contribution in [2.75, 3.05) is 26.2 Å². The number of nitrogens with one attached hydrogen (secondary N) is 1. The molecule has 1 unspecified atom stereocenters. The summed E-state index contributed by atoms with van der Waals surface area (Å²) in [5.41, 5.74) is 5.55. The molecule has 0 aromatic heterocycles. The number of nitrogens with zero attached hydrogens (tertiary/aromatic N) is 1. The average Bonchev–Trinajstić information content (AvgIpc) is 2.24. The first kappa shape index (κ1) is 15.3. The monoisotopic (exact) mass is 245 g/mol. The molecule has 0 aromatic carbocycles. The van der Waals surface area contributed by atoms with Gasteiger partial charge in [-0.2, -0.15) is 0 Å². The van der Waals surface area contributed by atoms with Crippen molar-refractivity contribution in [1.29, 1.82) is 0 Å². The third-order valence-electron chi connectivity index (χ3n) is 2.40. The van der Waals surface area contributed by atoms with E-state index in [1.165, 1.54) is 0 Å². The summed E-state index contributed by atoms with van der Waals surface area (Å²) in [6.07, 6.45) is 0.959. The molecule has 0 aliphatic heterocycles. The number of hydrogen-bond acceptors (Lipinski definition) is 3. The van der Waals surface area contributed by atoms with Crippen LogP contribution in [0.1, 0.15) is 27.2 Å². The highest BCUT2D eigenvalue weighted by atomic mass is 32.1. The van der Waals surface area contributed by atoms with Crippen LogP contribution in [-0.4, -0.2) is 42.0 Å². The van der Waals surface area contributed by atoms with Crippen LogP contribution in [0.2, 0.25) is 0 Å². The van der Waals surface area contributed by atoms with Crippen molar-refractivity contribution in [2.24, 2.45) is 11.7 Å². The van der Waals surface area contributed by atoms with Gasteiger partial charge < -0.3 is 11.1 Å². The Morgan fingerprint density at radius 2 is 2.12 bits per heavy atom. The zero-order valence-corrected chi connectivity index (χ0v) is 11.3. The molecular formula is C11H23N3OS. The highest BCUT2D eigenvalue weighted by Crippen LogP contribution is 2.00. The molecule has 0 radical (unpaired) electrons. The predicted molar refractivity (Wildman–Crippen MR) is 71.4 cm³/mol. The third kappa shape index (κ3) is 6.74. The zero-order valence-electron chi connectivity index (χ0n) is 10.5. The van der Waals surface area contributed by atoms with Crippen LogP contribution < -0.4 is 11.1 Å². The van der Waals surface area contributed by atoms with Crippen molar-refractivity contribution >= 4 is 23.1 Å². The molecular weight excluding hydrogens is 222 g/mol. The van der Waals surface area contributed by atoms with Crippen LogP contribution >= 0.6 is 12.2 Å². The highest BCUT2D eigenvalue weighted by Gasteiger charge is 2.13. The maximum absolute atomic E-state index is 11.5. The molecule has 0 fully saturated rings. The highest BCUT2D eigenvalue weighted by molar-refractivity contribution is 7.80. The minimum Gasteiger partial charge on any atom is -0.393 e. The number of hydrogen-bond donors (Lipinski definition) is 2. The molecule has 3 N–H and O–H groups in total. The molecule has 5 heteroatoms. The molecule has 0 rings (SSSR count). The molecule has 0 bridgehead atoms. The minimum absolute atomic E-state index is 0.0684. The number of thiocarbonyl (C=S) groups is 1. The smallest absolute Gasteiger partial charge is 0.234 e. The van der Waals surface area contributed by atoms with Crippen LogP contribution in [0.5, 0.6) is 0 Å². The largest absolute Gasteiger partial charge is 0.393 e. The second kappa shape index (κ2) is 8.47. The van der Waals surface area contributed by atoms with Gasteiger partial charge in [0.2, 0.25) is 5.91 Å². The van der Waals surface area contributed by atoms with Gasteiger partial charge in [0.15, 0.2) is 0 Å². The van der Waals surface area contributed by atoms with Crippen LogP contribution in [0.4, 0.5) is 0 Å². The van der Waals surface area contributed by atoms with Crippen molar-refractivity contribution in [3.8, 4) is 0 Å². The van der Waals surface area contributed by atoms with Gasteiger partial charge in [0, 0.05) is 19.0 Å². The lowest BCUT2D eigenvalue weighted by Crippen LogP contribution is -2.41. The van der Waals surface area contributed by atoms with Gasteiger partial charge in [-0.1, -0.05) is 33.0 Å². The Morgan fingerprint density at radius 1 is 1.50 bits per heavy atom. The summed E-state index contributed by atoms with van der Waals surface area (Å²) in [6.45, 7) is 8.77. The van der Waals surface area contributed by atoms with Gasteiger partial charge in [0.05, 0.1) is 11.5 Å². The maximum atomic E-state index is 11.5. The van der Waals surface area contributed by atoms with Crippen molar-refractivity contribution in [3.63, 3.8) is 0 Å². The summed E-state index contributed by atoms with van der Waals surface area (Å²) in [5, 5.41) is 2.85. The number of carbonyl (C=O) groups excluding carboxylic acids is 1. The molecule has 0 saturated heterocycles. The quantitative estimate of drug-likeness (QED) is 0.620. The number of amides is 1. The molecule has 1 amide bonds. The molecule has 94 valence electrons. The van der Waals surface area contributed by atoms with E-state index >= 15 is 0 Å². The van der Waals surface area contributed by atoms with Crippen LogP contribution in [0, 0.1) is 5.92 Å². The van der Waals surface area contributed by atoms with Crippen LogP contribution in [0.15, 0.2) is 0 Å². The first-order valence-corrected chi connectivity index (χ1v) is 6.20. The van der Waals surface area contributed by atoms with E-state index in [-0.39, 0.29) is 11.8 Å². The number of nitrogens with two attached hydrogens (primary N) is 1. The van der Waals surface area contributed by atoms with E-state index in [0.29, 0.717) is 11.5 Å². The van der Waals surface area contributed by atoms with E-state index in [1.54, 1.807) is 0 Å². The first-order valence-electron chi connectivity index (χ1n) is 5.79. The van der Waals surface area contributed by atoms with E-state index in [2.05, 4.69) is 10.2 Å². The van der Waals surface area contributed by atoms with E-state index in [0.717, 1.165) is 26.1 Å². The normalized spacial score (nSPS) is 12.5.